The molecule has 4 rings (SSSR count). The summed E-state index contributed by atoms with van der Waals surface area (Å²) in [5, 5.41) is 12.5. The summed E-state index contributed by atoms with van der Waals surface area (Å²) in [5.41, 5.74) is 3.48. The van der Waals surface area contributed by atoms with Crippen molar-refractivity contribution in [1.82, 2.24) is 25.2 Å². The van der Waals surface area contributed by atoms with Gasteiger partial charge in [-0.15, -0.1) is 17.5 Å². The van der Waals surface area contributed by atoms with E-state index in [1.165, 1.54) is 0 Å². The van der Waals surface area contributed by atoms with E-state index in [0.29, 0.717) is 23.8 Å². The standard InChI is InChI=1S/C21H22ClN5O.ClH/c1-15-19(24-25-27(15)16-7-3-2-4-8-16)13-21(28)26-12-11-23-14-20(26)17-9-5-6-10-18(17)22;/h2-10,20,23H,11-14H2,1H3;1H. The van der Waals surface area contributed by atoms with E-state index >= 15 is 0 Å². The Bertz CT molecular complexity index is 976. The van der Waals surface area contributed by atoms with E-state index in [9.17, 15) is 4.79 Å². The second-order valence-electron chi connectivity index (χ2n) is 6.87. The molecular formula is C21H23Cl2N5O. The Labute approximate surface area is 181 Å². The first-order valence-corrected chi connectivity index (χ1v) is 9.74. The number of aromatic nitrogens is 3. The number of nitrogens with zero attached hydrogens (tertiary/aromatic N) is 4. The summed E-state index contributed by atoms with van der Waals surface area (Å²) < 4.78 is 1.77. The van der Waals surface area contributed by atoms with Crippen LogP contribution in [0.2, 0.25) is 5.02 Å². The summed E-state index contributed by atoms with van der Waals surface area (Å²) in [7, 11) is 0. The largest absolute Gasteiger partial charge is 0.333 e. The molecular weight excluding hydrogens is 409 g/mol. The molecule has 1 aliphatic rings. The lowest BCUT2D eigenvalue weighted by molar-refractivity contribution is -0.133. The zero-order valence-corrected chi connectivity index (χ0v) is 17.7. The van der Waals surface area contributed by atoms with Gasteiger partial charge < -0.3 is 10.2 Å². The van der Waals surface area contributed by atoms with Gasteiger partial charge in [-0.3, -0.25) is 4.79 Å². The highest BCUT2D eigenvalue weighted by atomic mass is 35.5. The molecule has 29 heavy (non-hydrogen) atoms. The molecule has 1 atom stereocenters. The molecule has 2 aromatic carbocycles. The number of hydrogen-bond acceptors (Lipinski definition) is 4. The molecule has 0 aliphatic carbocycles. The maximum absolute atomic E-state index is 13.1. The van der Waals surface area contributed by atoms with Crippen molar-refractivity contribution in [3.05, 3.63) is 76.6 Å². The van der Waals surface area contributed by atoms with Crippen LogP contribution in [0.1, 0.15) is 23.0 Å². The molecule has 1 saturated heterocycles. The van der Waals surface area contributed by atoms with Gasteiger partial charge in [0.1, 0.15) is 0 Å². The lowest BCUT2D eigenvalue weighted by Gasteiger charge is -2.37. The summed E-state index contributed by atoms with van der Waals surface area (Å²) in [6, 6.07) is 17.4. The Kier molecular flexibility index (Phi) is 6.90. The number of halogens is 2. The third-order valence-corrected chi connectivity index (χ3v) is 5.48. The minimum atomic E-state index is -0.0839. The first kappa shape index (κ1) is 21.3. The Balaban J connectivity index is 0.00000240. The molecule has 0 spiro atoms. The summed E-state index contributed by atoms with van der Waals surface area (Å²) in [6.07, 6.45) is 0.222. The first-order chi connectivity index (χ1) is 13.6. The van der Waals surface area contributed by atoms with Crippen molar-refractivity contribution in [2.24, 2.45) is 0 Å². The Morgan fingerprint density at radius 1 is 1.17 bits per heavy atom. The topological polar surface area (TPSA) is 63.1 Å². The van der Waals surface area contributed by atoms with Crippen molar-refractivity contribution < 1.29 is 4.79 Å². The predicted octanol–water partition coefficient (Wildman–Crippen LogP) is 3.37. The van der Waals surface area contributed by atoms with Gasteiger partial charge in [-0.1, -0.05) is 53.2 Å². The molecule has 8 heteroatoms. The summed E-state index contributed by atoms with van der Waals surface area (Å²) >= 11 is 6.39. The molecule has 0 saturated carbocycles. The number of rotatable bonds is 4. The van der Waals surface area contributed by atoms with E-state index in [4.69, 9.17) is 11.6 Å². The Morgan fingerprint density at radius 2 is 1.90 bits per heavy atom. The highest BCUT2D eigenvalue weighted by Gasteiger charge is 2.30. The van der Waals surface area contributed by atoms with Crippen molar-refractivity contribution >= 4 is 29.9 Å². The second-order valence-corrected chi connectivity index (χ2v) is 7.28. The molecule has 152 valence electrons. The monoisotopic (exact) mass is 431 g/mol. The van der Waals surface area contributed by atoms with Crippen LogP contribution in [0.4, 0.5) is 0 Å². The van der Waals surface area contributed by atoms with Gasteiger partial charge in [0.05, 0.1) is 29.5 Å². The summed E-state index contributed by atoms with van der Waals surface area (Å²) in [4.78, 5) is 15.0. The fraction of sp³-hybridized carbons (Fsp3) is 0.286. The lowest BCUT2D eigenvalue weighted by atomic mass is 10.0. The van der Waals surface area contributed by atoms with Crippen molar-refractivity contribution in [2.45, 2.75) is 19.4 Å². The third-order valence-electron chi connectivity index (χ3n) is 5.14. The second kappa shape index (κ2) is 9.39. The van der Waals surface area contributed by atoms with Crippen LogP contribution >= 0.6 is 24.0 Å². The van der Waals surface area contributed by atoms with Gasteiger partial charge in [0, 0.05) is 24.7 Å². The third kappa shape index (κ3) is 4.45. The highest BCUT2D eigenvalue weighted by Crippen LogP contribution is 2.29. The number of carbonyl (C=O) groups excluding carboxylic acids is 1. The Morgan fingerprint density at radius 3 is 2.66 bits per heavy atom. The predicted molar refractivity (Wildman–Crippen MR) is 116 cm³/mol. The van der Waals surface area contributed by atoms with Gasteiger partial charge in [0.25, 0.3) is 0 Å². The maximum Gasteiger partial charge on any atom is 0.229 e. The molecule has 2 heterocycles. The lowest BCUT2D eigenvalue weighted by Crippen LogP contribution is -2.49. The summed E-state index contributed by atoms with van der Waals surface area (Å²) in [5.74, 6) is 0.0367. The van der Waals surface area contributed by atoms with Gasteiger partial charge in [-0.2, -0.15) is 0 Å². The number of piperazine rings is 1. The van der Waals surface area contributed by atoms with E-state index in [2.05, 4.69) is 15.6 Å². The van der Waals surface area contributed by atoms with Crippen LogP contribution in [-0.4, -0.2) is 45.4 Å². The fourth-order valence-corrected chi connectivity index (χ4v) is 3.87. The van der Waals surface area contributed by atoms with Crippen LogP contribution < -0.4 is 5.32 Å². The molecule has 1 aliphatic heterocycles. The van der Waals surface area contributed by atoms with Crippen LogP contribution in [0.15, 0.2) is 54.6 Å². The van der Waals surface area contributed by atoms with Crippen LogP contribution in [0.5, 0.6) is 0 Å². The van der Waals surface area contributed by atoms with Crippen LogP contribution in [0.25, 0.3) is 5.69 Å². The van der Waals surface area contributed by atoms with Crippen LogP contribution in [0.3, 0.4) is 0 Å². The van der Waals surface area contributed by atoms with Gasteiger partial charge in [0.15, 0.2) is 0 Å². The minimum Gasteiger partial charge on any atom is -0.333 e. The van der Waals surface area contributed by atoms with Crippen molar-refractivity contribution in [2.75, 3.05) is 19.6 Å². The van der Waals surface area contributed by atoms with E-state index in [1.807, 2.05) is 66.4 Å². The van der Waals surface area contributed by atoms with Crippen molar-refractivity contribution in [3.63, 3.8) is 0 Å². The number of amides is 1. The van der Waals surface area contributed by atoms with E-state index < -0.39 is 0 Å². The quantitative estimate of drug-likeness (QED) is 0.687. The van der Waals surface area contributed by atoms with E-state index in [0.717, 1.165) is 23.5 Å². The highest BCUT2D eigenvalue weighted by molar-refractivity contribution is 6.31. The number of nitrogens with one attached hydrogen (secondary N) is 1. The molecule has 1 unspecified atom stereocenters. The maximum atomic E-state index is 13.1. The molecule has 1 fully saturated rings. The van der Waals surface area contributed by atoms with Crippen molar-refractivity contribution in [3.8, 4) is 5.69 Å². The zero-order chi connectivity index (χ0) is 19.5. The van der Waals surface area contributed by atoms with E-state index in [1.54, 1.807) is 4.68 Å². The molecule has 1 aromatic heterocycles. The molecule has 0 radical (unpaired) electrons. The molecule has 3 aromatic rings. The summed E-state index contributed by atoms with van der Waals surface area (Å²) in [6.45, 7) is 4.03. The molecule has 1 N–H and O–H groups in total. The SMILES string of the molecule is Cc1c(CC(=O)N2CCNCC2c2ccccc2Cl)nnn1-c1ccccc1.Cl. The van der Waals surface area contributed by atoms with Crippen LogP contribution in [-0.2, 0) is 11.2 Å². The number of para-hydroxylation sites is 1. The van der Waals surface area contributed by atoms with E-state index in [-0.39, 0.29) is 30.8 Å². The molecule has 6 nitrogen and oxygen atoms in total. The van der Waals surface area contributed by atoms with Crippen molar-refractivity contribution in [1.29, 1.82) is 0 Å². The number of benzene rings is 2. The zero-order valence-electron chi connectivity index (χ0n) is 16.1. The average molecular weight is 432 g/mol. The minimum absolute atomic E-state index is 0. The van der Waals surface area contributed by atoms with Gasteiger partial charge in [0.2, 0.25) is 5.91 Å². The van der Waals surface area contributed by atoms with Gasteiger partial charge in [-0.25, -0.2) is 4.68 Å². The van der Waals surface area contributed by atoms with Gasteiger partial charge in [-0.05, 0) is 30.7 Å². The normalized spacial score (nSPS) is 16.3. The number of hydrogen-bond donors (Lipinski definition) is 1. The molecule has 1 amide bonds. The smallest absolute Gasteiger partial charge is 0.229 e. The van der Waals surface area contributed by atoms with Gasteiger partial charge >= 0.3 is 0 Å². The fourth-order valence-electron chi connectivity index (χ4n) is 3.61. The first-order valence-electron chi connectivity index (χ1n) is 9.36. The number of carbonyl (C=O) groups is 1. The average Bonchev–Trinajstić information content (AvgIpc) is 3.09. The molecule has 0 bridgehead atoms. The Hall–Kier alpha value is -2.41. The van der Waals surface area contributed by atoms with Crippen LogP contribution in [0, 0.1) is 6.92 Å².